The highest BCUT2D eigenvalue weighted by molar-refractivity contribution is 6.07. The van der Waals surface area contributed by atoms with Gasteiger partial charge >= 0.3 is 0 Å². The average molecular weight is 338 g/mol. The Morgan fingerprint density at radius 3 is 3.12 bits per heavy atom. The molecule has 3 aromatic rings. The minimum Gasteiger partial charge on any atom is -0.497 e. The van der Waals surface area contributed by atoms with Gasteiger partial charge in [0.1, 0.15) is 11.9 Å². The summed E-state index contributed by atoms with van der Waals surface area (Å²) in [5.41, 5.74) is 2.28. The van der Waals surface area contributed by atoms with Crippen LogP contribution in [-0.2, 0) is 4.74 Å². The van der Waals surface area contributed by atoms with Crippen LogP contribution in [0.5, 0.6) is 5.75 Å². The largest absolute Gasteiger partial charge is 0.497 e. The molecule has 0 unspecified atom stereocenters. The summed E-state index contributed by atoms with van der Waals surface area (Å²) >= 11 is 0. The molecule has 3 heterocycles. The van der Waals surface area contributed by atoms with Crippen LogP contribution in [0.3, 0.4) is 0 Å². The maximum absolute atomic E-state index is 13.0. The fraction of sp³-hybridized carbons (Fsp3) is 0.278. The number of morpholine rings is 1. The highest BCUT2D eigenvalue weighted by Crippen LogP contribution is 2.26. The van der Waals surface area contributed by atoms with E-state index in [1.165, 1.54) is 0 Å². The molecule has 2 aromatic heterocycles. The normalized spacial score (nSPS) is 17.6. The van der Waals surface area contributed by atoms with Gasteiger partial charge in [-0.3, -0.25) is 14.8 Å². The first-order chi connectivity index (χ1) is 12.3. The van der Waals surface area contributed by atoms with E-state index in [2.05, 4.69) is 15.0 Å². The predicted octanol–water partition coefficient (Wildman–Crippen LogP) is 2.18. The summed E-state index contributed by atoms with van der Waals surface area (Å²) in [6.07, 6.45) is 6.42. The number of hydrogen-bond donors (Lipinski definition) is 1. The van der Waals surface area contributed by atoms with E-state index in [0.29, 0.717) is 25.3 Å². The van der Waals surface area contributed by atoms with E-state index >= 15 is 0 Å². The number of carbonyl (C=O) groups is 1. The molecule has 7 heteroatoms. The Morgan fingerprint density at radius 1 is 1.40 bits per heavy atom. The van der Waals surface area contributed by atoms with Crippen LogP contribution in [0.1, 0.15) is 22.2 Å². The zero-order valence-electron chi connectivity index (χ0n) is 13.8. The van der Waals surface area contributed by atoms with Crippen molar-refractivity contribution in [3.63, 3.8) is 0 Å². The molecule has 0 saturated carbocycles. The molecule has 0 radical (unpaired) electrons. The third kappa shape index (κ3) is 2.94. The van der Waals surface area contributed by atoms with Gasteiger partial charge in [-0.2, -0.15) is 0 Å². The minimum absolute atomic E-state index is 0.0308. The highest BCUT2D eigenvalue weighted by atomic mass is 16.5. The zero-order valence-corrected chi connectivity index (χ0v) is 13.8. The molecule has 1 saturated heterocycles. The molecule has 25 heavy (non-hydrogen) atoms. The number of carbonyl (C=O) groups excluding carboxylic acids is 1. The summed E-state index contributed by atoms with van der Waals surface area (Å²) in [4.78, 5) is 26.3. The molecule has 0 spiro atoms. The summed E-state index contributed by atoms with van der Waals surface area (Å²) in [7, 11) is 1.61. The predicted molar refractivity (Wildman–Crippen MR) is 91.5 cm³/mol. The Labute approximate surface area is 144 Å². The van der Waals surface area contributed by atoms with Crippen molar-refractivity contribution < 1.29 is 14.3 Å². The molecule has 1 amide bonds. The second kappa shape index (κ2) is 6.52. The van der Waals surface area contributed by atoms with Crippen LogP contribution < -0.4 is 4.74 Å². The molecule has 1 aromatic carbocycles. The lowest BCUT2D eigenvalue weighted by molar-refractivity contribution is -0.0248. The molecule has 1 fully saturated rings. The number of hydrogen-bond acceptors (Lipinski definition) is 5. The van der Waals surface area contributed by atoms with E-state index < -0.39 is 0 Å². The third-order valence-electron chi connectivity index (χ3n) is 4.39. The molecule has 1 atom stereocenters. The van der Waals surface area contributed by atoms with Crippen LogP contribution in [0.15, 0.2) is 43.0 Å². The fourth-order valence-electron chi connectivity index (χ4n) is 3.06. The summed E-state index contributed by atoms with van der Waals surface area (Å²) in [5.74, 6) is 0.692. The van der Waals surface area contributed by atoms with Gasteiger partial charge in [0.05, 0.1) is 37.7 Å². The maximum atomic E-state index is 13.0. The molecule has 7 nitrogen and oxygen atoms in total. The van der Waals surface area contributed by atoms with E-state index in [1.807, 2.05) is 18.2 Å². The highest BCUT2D eigenvalue weighted by Gasteiger charge is 2.28. The zero-order chi connectivity index (χ0) is 17.2. The number of benzene rings is 1. The van der Waals surface area contributed by atoms with Gasteiger partial charge in [-0.05, 0) is 18.2 Å². The second-order valence-corrected chi connectivity index (χ2v) is 5.85. The molecule has 0 aliphatic carbocycles. The first-order valence-corrected chi connectivity index (χ1v) is 8.08. The smallest absolute Gasteiger partial charge is 0.256 e. The van der Waals surface area contributed by atoms with E-state index in [9.17, 15) is 4.79 Å². The number of rotatable bonds is 3. The number of methoxy groups -OCH3 is 1. The van der Waals surface area contributed by atoms with Crippen molar-refractivity contribution in [3.05, 3.63) is 54.2 Å². The minimum atomic E-state index is -0.258. The third-order valence-corrected chi connectivity index (χ3v) is 4.39. The van der Waals surface area contributed by atoms with Gasteiger partial charge in [0.25, 0.3) is 5.91 Å². The maximum Gasteiger partial charge on any atom is 0.256 e. The molecule has 0 bridgehead atoms. The van der Waals surface area contributed by atoms with Crippen LogP contribution in [0.4, 0.5) is 0 Å². The van der Waals surface area contributed by atoms with Gasteiger partial charge in [-0.1, -0.05) is 0 Å². The second-order valence-electron chi connectivity index (χ2n) is 5.85. The van der Waals surface area contributed by atoms with E-state index in [4.69, 9.17) is 9.47 Å². The molecule has 128 valence electrons. The fourth-order valence-corrected chi connectivity index (χ4v) is 3.06. The SMILES string of the molecule is COc1ccc2[nH]cc(C(=O)N3CCO[C@H](c4cnccn4)C3)c2c1. The summed E-state index contributed by atoms with van der Waals surface area (Å²) < 4.78 is 11.0. The van der Waals surface area contributed by atoms with Crippen LogP contribution in [0.2, 0.25) is 0 Å². The monoisotopic (exact) mass is 338 g/mol. The topological polar surface area (TPSA) is 80.3 Å². The molecular formula is C18H18N4O3. The van der Waals surface area contributed by atoms with Crippen LogP contribution in [0.25, 0.3) is 10.9 Å². The van der Waals surface area contributed by atoms with E-state index in [0.717, 1.165) is 22.3 Å². The molecule has 1 N–H and O–H groups in total. The Kier molecular flexibility index (Phi) is 4.07. The van der Waals surface area contributed by atoms with Crippen LogP contribution in [0, 0.1) is 0 Å². The number of H-pyrrole nitrogens is 1. The van der Waals surface area contributed by atoms with Crippen molar-refractivity contribution >= 4 is 16.8 Å². The number of aromatic amines is 1. The molecular weight excluding hydrogens is 320 g/mol. The summed E-state index contributed by atoms with van der Waals surface area (Å²) in [6, 6.07) is 5.65. The van der Waals surface area contributed by atoms with Gasteiger partial charge in [-0.15, -0.1) is 0 Å². The van der Waals surface area contributed by atoms with Gasteiger partial charge < -0.3 is 19.4 Å². The number of nitrogens with one attached hydrogen (secondary N) is 1. The molecule has 1 aliphatic heterocycles. The number of nitrogens with zero attached hydrogens (tertiary/aromatic N) is 3. The summed E-state index contributed by atoms with van der Waals surface area (Å²) in [6.45, 7) is 1.47. The van der Waals surface area contributed by atoms with Crippen LogP contribution in [-0.4, -0.2) is 52.6 Å². The number of fused-ring (bicyclic) bond motifs is 1. The Balaban J connectivity index is 1.60. The Morgan fingerprint density at radius 2 is 2.32 bits per heavy atom. The lowest BCUT2D eigenvalue weighted by Gasteiger charge is -2.32. The van der Waals surface area contributed by atoms with Crippen molar-refractivity contribution in [3.8, 4) is 5.75 Å². The lowest BCUT2D eigenvalue weighted by atomic mass is 10.1. The van der Waals surface area contributed by atoms with E-state index in [1.54, 1.807) is 36.8 Å². The Hall–Kier alpha value is -2.93. The van der Waals surface area contributed by atoms with Crippen molar-refractivity contribution in [1.82, 2.24) is 19.9 Å². The molecule has 4 rings (SSSR count). The number of amides is 1. The Bertz CT molecular complexity index is 894. The summed E-state index contributed by atoms with van der Waals surface area (Å²) in [5, 5.41) is 0.854. The quantitative estimate of drug-likeness (QED) is 0.792. The first-order valence-electron chi connectivity index (χ1n) is 8.08. The van der Waals surface area contributed by atoms with Crippen molar-refractivity contribution in [2.45, 2.75) is 6.10 Å². The first kappa shape index (κ1) is 15.6. The van der Waals surface area contributed by atoms with Gasteiger partial charge in [0.2, 0.25) is 0 Å². The number of aromatic nitrogens is 3. The van der Waals surface area contributed by atoms with Gasteiger partial charge in [-0.25, -0.2) is 0 Å². The van der Waals surface area contributed by atoms with Gasteiger partial charge in [0.15, 0.2) is 0 Å². The van der Waals surface area contributed by atoms with Crippen molar-refractivity contribution in [2.24, 2.45) is 0 Å². The number of ether oxygens (including phenoxy) is 2. The standard InChI is InChI=1S/C18H18N4O3/c1-24-12-2-3-15-13(8-12)14(9-21-15)18(23)22-6-7-25-17(11-22)16-10-19-4-5-20-16/h2-5,8-10,17,21H,6-7,11H2,1H3/t17-/m0/s1. The van der Waals surface area contributed by atoms with Crippen LogP contribution >= 0.6 is 0 Å². The lowest BCUT2D eigenvalue weighted by Crippen LogP contribution is -2.42. The molecule has 1 aliphatic rings. The van der Waals surface area contributed by atoms with Crippen molar-refractivity contribution in [1.29, 1.82) is 0 Å². The van der Waals surface area contributed by atoms with Crippen molar-refractivity contribution in [2.75, 3.05) is 26.8 Å². The average Bonchev–Trinajstić information content (AvgIpc) is 3.11. The van der Waals surface area contributed by atoms with Gasteiger partial charge in [0, 0.05) is 36.0 Å². The van der Waals surface area contributed by atoms with E-state index in [-0.39, 0.29) is 12.0 Å².